The molecule has 128 valence electrons. The van der Waals surface area contributed by atoms with Crippen molar-refractivity contribution in [3.8, 4) is 0 Å². The molecule has 0 N–H and O–H groups in total. The van der Waals surface area contributed by atoms with Gasteiger partial charge in [0, 0.05) is 0 Å². The summed E-state index contributed by atoms with van der Waals surface area (Å²) in [6, 6.07) is 37.7. The van der Waals surface area contributed by atoms with Crippen LogP contribution in [0.2, 0.25) is 0 Å². The molecule has 0 heterocycles. The van der Waals surface area contributed by atoms with Crippen LogP contribution in [0.3, 0.4) is 0 Å². The Morgan fingerprint density at radius 1 is 0.538 bits per heavy atom. The summed E-state index contributed by atoms with van der Waals surface area (Å²) in [6.07, 6.45) is 0. The summed E-state index contributed by atoms with van der Waals surface area (Å²) in [5.74, 6) is 0. The number of benzene rings is 4. The average Bonchev–Trinajstić information content (AvgIpc) is 2.69. The van der Waals surface area contributed by atoms with Crippen molar-refractivity contribution >= 4 is 49.6 Å². The van der Waals surface area contributed by atoms with E-state index in [1.807, 2.05) is 0 Å². The fourth-order valence-corrected chi connectivity index (χ4v) is 9.82. The van der Waals surface area contributed by atoms with E-state index >= 15 is 0 Å². The minimum atomic E-state index is 0.173. The van der Waals surface area contributed by atoms with Gasteiger partial charge < -0.3 is 0 Å². The summed E-state index contributed by atoms with van der Waals surface area (Å²) in [6.45, 7) is 2.46. The van der Waals surface area contributed by atoms with Crippen LogP contribution in [-0.2, 0) is 3.21 Å². The maximum absolute atomic E-state index is 2.46. The molecule has 0 nitrogen and oxygen atoms in total. The van der Waals surface area contributed by atoms with Crippen molar-refractivity contribution in [2.45, 2.75) is 10.1 Å². The second-order valence-electron chi connectivity index (χ2n) is 6.34. The van der Waals surface area contributed by atoms with Gasteiger partial charge in [0.05, 0.1) is 0 Å². The monoisotopic (exact) mass is 468 g/mol. The van der Waals surface area contributed by atoms with Gasteiger partial charge in [-0.3, -0.25) is 0 Å². The SMILES string of the molecule is CC([Se]c1ccccc1)([Se]c1ccccc1)c1ccc2ccccc2c1. The van der Waals surface area contributed by atoms with Crippen LogP contribution in [-0.4, -0.2) is 29.9 Å². The van der Waals surface area contributed by atoms with E-state index in [0.29, 0.717) is 29.9 Å². The summed E-state index contributed by atoms with van der Waals surface area (Å²) < 4.78 is 3.11. The topological polar surface area (TPSA) is 0 Å². The van der Waals surface area contributed by atoms with Gasteiger partial charge in [-0.05, 0) is 0 Å². The molecule has 4 rings (SSSR count). The molecule has 0 aliphatic carbocycles. The van der Waals surface area contributed by atoms with Crippen molar-refractivity contribution in [2.75, 3.05) is 0 Å². The first-order chi connectivity index (χ1) is 12.7. The van der Waals surface area contributed by atoms with Crippen LogP contribution in [0.5, 0.6) is 0 Å². The van der Waals surface area contributed by atoms with Crippen molar-refractivity contribution in [2.24, 2.45) is 0 Å². The summed E-state index contributed by atoms with van der Waals surface area (Å²) in [7, 11) is 0. The summed E-state index contributed by atoms with van der Waals surface area (Å²) in [5, 5.41) is 2.65. The van der Waals surface area contributed by atoms with E-state index in [1.54, 1.807) is 0 Å². The maximum atomic E-state index is 2.46. The molecule has 4 aromatic carbocycles. The van der Waals surface area contributed by atoms with Gasteiger partial charge in [-0.15, -0.1) is 0 Å². The second-order valence-corrected chi connectivity index (χ2v) is 13.9. The molecule has 2 heteroatoms. The average molecular weight is 466 g/mol. The molecule has 0 aliphatic heterocycles. The third-order valence-electron chi connectivity index (χ3n) is 4.39. The molecule has 0 fully saturated rings. The van der Waals surface area contributed by atoms with Crippen molar-refractivity contribution in [1.82, 2.24) is 0 Å². The Morgan fingerprint density at radius 2 is 1.04 bits per heavy atom. The summed E-state index contributed by atoms with van der Waals surface area (Å²) >= 11 is 0.735. The Bertz CT molecular complexity index is 953. The van der Waals surface area contributed by atoms with E-state index in [1.165, 1.54) is 25.3 Å². The Balaban J connectivity index is 1.77. The van der Waals surface area contributed by atoms with Crippen molar-refractivity contribution in [3.63, 3.8) is 0 Å². The van der Waals surface area contributed by atoms with Crippen LogP contribution in [0.1, 0.15) is 12.5 Å². The predicted octanol–water partition coefficient (Wildman–Crippen LogP) is 4.07. The van der Waals surface area contributed by atoms with Gasteiger partial charge in [-0.2, -0.15) is 0 Å². The first-order valence-corrected chi connectivity index (χ1v) is 12.1. The standard InChI is InChI=1S/C24H20Se2/c1-24(25-22-12-4-2-5-13-22,26-23-14-6-3-7-15-23)21-17-16-19-10-8-9-11-20(19)18-21/h2-18H,1H3. The Labute approximate surface area is 168 Å². The van der Waals surface area contributed by atoms with Crippen LogP contribution in [0.15, 0.2) is 103 Å². The van der Waals surface area contributed by atoms with Gasteiger partial charge in [-0.25, -0.2) is 0 Å². The van der Waals surface area contributed by atoms with Crippen molar-refractivity contribution in [3.05, 3.63) is 109 Å². The molecule has 0 saturated heterocycles. The van der Waals surface area contributed by atoms with E-state index in [-0.39, 0.29) is 3.21 Å². The zero-order valence-corrected chi connectivity index (χ0v) is 18.1. The fourth-order valence-electron chi connectivity index (χ4n) is 3.04. The molecule has 0 atom stereocenters. The van der Waals surface area contributed by atoms with Gasteiger partial charge in [0.15, 0.2) is 0 Å². The van der Waals surface area contributed by atoms with E-state index in [0.717, 1.165) is 0 Å². The number of fused-ring (bicyclic) bond motifs is 1. The third kappa shape index (κ3) is 3.95. The van der Waals surface area contributed by atoms with Crippen LogP contribution in [0.4, 0.5) is 0 Å². The van der Waals surface area contributed by atoms with Crippen LogP contribution < -0.4 is 8.92 Å². The van der Waals surface area contributed by atoms with Crippen LogP contribution in [0, 0.1) is 0 Å². The zero-order chi connectivity index (χ0) is 17.8. The predicted molar refractivity (Wildman–Crippen MR) is 115 cm³/mol. The molecular weight excluding hydrogens is 446 g/mol. The summed E-state index contributed by atoms with van der Waals surface area (Å²) in [5.41, 5.74) is 1.46. The van der Waals surface area contributed by atoms with Gasteiger partial charge >= 0.3 is 168 Å². The Hall–Kier alpha value is -1.82. The van der Waals surface area contributed by atoms with Crippen molar-refractivity contribution in [1.29, 1.82) is 0 Å². The first kappa shape index (κ1) is 17.6. The van der Waals surface area contributed by atoms with Gasteiger partial charge in [-0.1, -0.05) is 0 Å². The Kier molecular flexibility index (Phi) is 5.29. The van der Waals surface area contributed by atoms with E-state index in [2.05, 4.69) is 110 Å². The minimum absolute atomic E-state index is 0.173. The van der Waals surface area contributed by atoms with Gasteiger partial charge in [0.1, 0.15) is 0 Å². The molecule has 0 radical (unpaired) electrons. The Morgan fingerprint density at radius 3 is 1.62 bits per heavy atom. The van der Waals surface area contributed by atoms with Crippen LogP contribution in [0.25, 0.3) is 10.8 Å². The molecule has 26 heavy (non-hydrogen) atoms. The van der Waals surface area contributed by atoms with E-state index in [4.69, 9.17) is 0 Å². The summed E-state index contributed by atoms with van der Waals surface area (Å²) in [4.78, 5) is 0. The quantitative estimate of drug-likeness (QED) is 0.389. The molecule has 0 unspecified atom stereocenters. The molecule has 0 amide bonds. The van der Waals surface area contributed by atoms with Crippen molar-refractivity contribution < 1.29 is 0 Å². The fraction of sp³-hybridized carbons (Fsp3) is 0.0833. The molecule has 0 saturated carbocycles. The van der Waals surface area contributed by atoms with Gasteiger partial charge in [0.2, 0.25) is 0 Å². The molecule has 0 spiro atoms. The van der Waals surface area contributed by atoms with Gasteiger partial charge in [0.25, 0.3) is 0 Å². The molecular formula is C24H20Se2. The molecule has 0 bridgehead atoms. The molecule has 0 aliphatic rings. The number of hydrogen-bond acceptors (Lipinski definition) is 0. The molecule has 4 aromatic rings. The molecule has 0 aromatic heterocycles. The number of rotatable bonds is 5. The third-order valence-corrected chi connectivity index (χ3v) is 11.0. The number of hydrogen-bond donors (Lipinski definition) is 0. The first-order valence-electron chi connectivity index (χ1n) is 8.70. The normalized spacial score (nSPS) is 11.6. The van der Waals surface area contributed by atoms with E-state index in [9.17, 15) is 0 Å². The zero-order valence-electron chi connectivity index (χ0n) is 14.6. The second kappa shape index (κ2) is 7.82. The van der Waals surface area contributed by atoms with Crippen LogP contribution >= 0.6 is 0 Å². The van der Waals surface area contributed by atoms with E-state index < -0.39 is 0 Å².